The van der Waals surface area contributed by atoms with E-state index in [4.69, 9.17) is 27.9 Å². The van der Waals surface area contributed by atoms with E-state index < -0.39 is 5.54 Å². The fourth-order valence-electron chi connectivity index (χ4n) is 2.60. The van der Waals surface area contributed by atoms with Crippen molar-refractivity contribution in [1.29, 1.82) is 0 Å². The van der Waals surface area contributed by atoms with Crippen molar-refractivity contribution in [1.82, 2.24) is 0 Å². The van der Waals surface area contributed by atoms with Crippen LogP contribution in [-0.2, 0) is 10.3 Å². The summed E-state index contributed by atoms with van der Waals surface area (Å²) in [4.78, 5) is 14.7. The third-order valence-electron chi connectivity index (χ3n) is 3.40. The number of hydrogen-bond donors (Lipinski definition) is 0. The lowest BCUT2D eigenvalue weighted by atomic mass is 9.88. The minimum Gasteiger partial charge on any atom is -0.495 e. The average Bonchev–Trinajstić information content (AvgIpc) is 2.78. The second-order valence-electron chi connectivity index (χ2n) is 4.41. The molecule has 3 nitrogen and oxygen atoms in total. The van der Waals surface area contributed by atoms with Crippen LogP contribution >= 0.6 is 23.2 Å². The Morgan fingerprint density at radius 1 is 1.33 bits per heavy atom. The lowest BCUT2D eigenvalue weighted by Gasteiger charge is -2.25. The van der Waals surface area contributed by atoms with Gasteiger partial charge in [-0.05, 0) is 25.0 Å². The summed E-state index contributed by atoms with van der Waals surface area (Å²) in [6.07, 6.45) is 5.27. The molecule has 0 aromatic heterocycles. The van der Waals surface area contributed by atoms with E-state index in [1.165, 1.54) is 0 Å². The maximum Gasteiger partial charge on any atom is 0.235 e. The van der Waals surface area contributed by atoms with E-state index in [9.17, 15) is 4.79 Å². The Morgan fingerprint density at radius 3 is 2.56 bits per heavy atom. The number of isocyanates is 1. The van der Waals surface area contributed by atoms with Gasteiger partial charge in [-0.15, -0.1) is 0 Å². The molecule has 1 saturated carbocycles. The van der Waals surface area contributed by atoms with Gasteiger partial charge in [-0.1, -0.05) is 36.0 Å². The van der Waals surface area contributed by atoms with Gasteiger partial charge in [-0.2, -0.15) is 4.99 Å². The van der Waals surface area contributed by atoms with Gasteiger partial charge in [0.25, 0.3) is 0 Å². The van der Waals surface area contributed by atoms with Crippen LogP contribution in [0.5, 0.6) is 5.75 Å². The number of nitrogens with zero attached hydrogens (tertiary/aromatic N) is 1. The van der Waals surface area contributed by atoms with E-state index in [2.05, 4.69) is 4.99 Å². The summed E-state index contributed by atoms with van der Waals surface area (Å²) in [6.45, 7) is 0. The minimum atomic E-state index is -0.582. The van der Waals surface area contributed by atoms with Crippen LogP contribution in [0.3, 0.4) is 0 Å². The first-order valence-corrected chi connectivity index (χ1v) is 6.51. The smallest absolute Gasteiger partial charge is 0.235 e. The van der Waals surface area contributed by atoms with Crippen molar-refractivity contribution in [3.63, 3.8) is 0 Å². The molecular formula is C13H13Cl2NO2. The largest absolute Gasteiger partial charge is 0.495 e. The van der Waals surface area contributed by atoms with Crippen molar-refractivity contribution in [2.24, 2.45) is 4.99 Å². The number of hydrogen-bond acceptors (Lipinski definition) is 3. The Morgan fingerprint density at radius 2 is 2.00 bits per heavy atom. The molecule has 0 unspecified atom stereocenters. The highest BCUT2D eigenvalue weighted by Crippen LogP contribution is 2.48. The second-order valence-corrected chi connectivity index (χ2v) is 5.25. The summed E-state index contributed by atoms with van der Waals surface area (Å²) < 4.78 is 5.33. The predicted molar refractivity (Wildman–Crippen MR) is 71.3 cm³/mol. The van der Waals surface area contributed by atoms with Crippen LogP contribution in [0.2, 0.25) is 10.0 Å². The van der Waals surface area contributed by atoms with Crippen LogP contribution in [-0.4, -0.2) is 13.2 Å². The van der Waals surface area contributed by atoms with Gasteiger partial charge in [0.05, 0.1) is 12.1 Å². The first kappa shape index (κ1) is 13.4. The molecule has 5 heteroatoms. The molecule has 0 amide bonds. The minimum absolute atomic E-state index is 0.437. The van der Waals surface area contributed by atoms with E-state index in [0.29, 0.717) is 15.8 Å². The number of methoxy groups -OCH3 is 1. The summed E-state index contributed by atoms with van der Waals surface area (Å²) in [6, 6.07) is 3.40. The number of ether oxygens (including phenoxy) is 1. The first-order chi connectivity index (χ1) is 8.63. The Kier molecular flexibility index (Phi) is 3.96. The molecule has 1 fully saturated rings. The topological polar surface area (TPSA) is 38.7 Å². The van der Waals surface area contributed by atoms with Crippen molar-refractivity contribution < 1.29 is 9.53 Å². The van der Waals surface area contributed by atoms with Gasteiger partial charge >= 0.3 is 0 Å². The molecule has 18 heavy (non-hydrogen) atoms. The molecule has 2 rings (SSSR count). The summed E-state index contributed by atoms with van der Waals surface area (Å²) in [5, 5.41) is 0.954. The third kappa shape index (κ3) is 2.26. The fourth-order valence-corrected chi connectivity index (χ4v) is 3.17. The van der Waals surface area contributed by atoms with E-state index in [0.717, 1.165) is 31.2 Å². The lowest BCUT2D eigenvalue weighted by molar-refractivity contribution is 0.379. The molecule has 1 aromatic carbocycles. The highest BCUT2D eigenvalue weighted by Gasteiger charge is 2.38. The quantitative estimate of drug-likeness (QED) is 0.619. The van der Waals surface area contributed by atoms with Crippen LogP contribution in [0.4, 0.5) is 0 Å². The average molecular weight is 286 g/mol. The predicted octanol–water partition coefficient (Wildman–Crippen LogP) is 4.11. The molecule has 0 spiro atoms. The highest BCUT2D eigenvalue weighted by molar-refractivity contribution is 6.35. The Balaban J connectivity index is 2.64. The molecule has 0 heterocycles. The first-order valence-electron chi connectivity index (χ1n) is 5.75. The van der Waals surface area contributed by atoms with Crippen molar-refractivity contribution >= 4 is 29.3 Å². The lowest BCUT2D eigenvalue weighted by Crippen LogP contribution is -2.20. The van der Waals surface area contributed by atoms with E-state index in [1.54, 1.807) is 25.3 Å². The van der Waals surface area contributed by atoms with Crippen LogP contribution in [0.15, 0.2) is 17.1 Å². The van der Waals surface area contributed by atoms with E-state index >= 15 is 0 Å². The van der Waals surface area contributed by atoms with Crippen LogP contribution < -0.4 is 4.74 Å². The maximum atomic E-state index is 10.7. The number of benzene rings is 1. The van der Waals surface area contributed by atoms with Crippen LogP contribution in [0.25, 0.3) is 0 Å². The van der Waals surface area contributed by atoms with Gasteiger partial charge in [0.2, 0.25) is 6.08 Å². The maximum absolute atomic E-state index is 10.7. The van der Waals surface area contributed by atoms with Gasteiger partial charge in [0.1, 0.15) is 11.3 Å². The molecule has 1 aliphatic carbocycles. The van der Waals surface area contributed by atoms with Gasteiger partial charge in [-0.25, -0.2) is 4.79 Å². The zero-order chi connectivity index (χ0) is 13.2. The van der Waals surface area contributed by atoms with Crippen LogP contribution in [0, 0.1) is 0 Å². The van der Waals surface area contributed by atoms with Crippen LogP contribution in [0.1, 0.15) is 31.2 Å². The van der Waals surface area contributed by atoms with Gasteiger partial charge in [0.15, 0.2) is 0 Å². The Bertz CT molecular complexity index is 504. The Labute approximate surface area is 116 Å². The van der Waals surface area contributed by atoms with E-state index in [1.807, 2.05) is 0 Å². The zero-order valence-corrected chi connectivity index (χ0v) is 11.5. The molecule has 0 aliphatic heterocycles. The number of aliphatic imine (C=N–C) groups is 1. The van der Waals surface area contributed by atoms with Crippen molar-refractivity contribution in [2.75, 3.05) is 7.11 Å². The molecule has 1 aromatic rings. The number of carbonyl (C=O) groups excluding carboxylic acids is 1. The Hall–Kier alpha value is -1.02. The molecule has 96 valence electrons. The molecule has 0 saturated heterocycles. The molecule has 0 bridgehead atoms. The molecular weight excluding hydrogens is 273 g/mol. The summed E-state index contributed by atoms with van der Waals surface area (Å²) in [5.41, 5.74) is 0.199. The SMILES string of the molecule is COc1c(Cl)cc(Cl)cc1C1(N=C=O)CCCC1. The summed E-state index contributed by atoms with van der Waals surface area (Å²) >= 11 is 12.2. The zero-order valence-electron chi connectivity index (χ0n) is 10.0. The molecule has 0 radical (unpaired) electrons. The van der Waals surface area contributed by atoms with Gasteiger partial charge < -0.3 is 4.74 Å². The van der Waals surface area contributed by atoms with Crippen molar-refractivity contribution in [3.8, 4) is 5.75 Å². The van der Waals surface area contributed by atoms with Gasteiger partial charge in [0, 0.05) is 10.6 Å². The second kappa shape index (κ2) is 5.31. The monoisotopic (exact) mass is 285 g/mol. The standard InChI is InChI=1S/C13H13Cl2NO2/c1-18-12-10(6-9(14)7-11(12)15)13(16-8-17)4-2-3-5-13/h6-7H,2-5H2,1H3. The highest BCUT2D eigenvalue weighted by atomic mass is 35.5. The molecule has 1 aliphatic rings. The number of rotatable bonds is 3. The normalized spacial score (nSPS) is 17.3. The molecule has 0 atom stereocenters. The van der Waals surface area contributed by atoms with Crippen molar-refractivity contribution in [2.45, 2.75) is 31.2 Å². The summed E-state index contributed by atoms with van der Waals surface area (Å²) in [7, 11) is 1.55. The van der Waals surface area contributed by atoms with Crippen molar-refractivity contribution in [3.05, 3.63) is 27.7 Å². The number of halogens is 2. The third-order valence-corrected chi connectivity index (χ3v) is 3.90. The fraction of sp³-hybridized carbons (Fsp3) is 0.462. The van der Waals surface area contributed by atoms with Gasteiger partial charge in [-0.3, -0.25) is 0 Å². The van der Waals surface area contributed by atoms with E-state index in [-0.39, 0.29) is 0 Å². The summed E-state index contributed by atoms with van der Waals surface area (Å²) in [5.74, 6) is 0.543. The molecule has 0 N–H and O–H groups in total.